The summed E-state index contributed by atoms with van der Waals surface area (Å²) < 4.78 is 0.872. The topological polar surface area (TPSA) is 53.0 Å². The number of rotatable bonds is 1. The Morgan fingerprint density at radius 3 is 2.69 bits per heavy atom. The van der Waals surface area contributed by atoms with Crippen LogP contribution < -0.4 is 56.5 Å². The van der Waals surface area contributed by atoms with Gasteiger partial charge in [-0.05, 0) is 12.1 Å². The molecule has 2 aromatic rings. The Balaban J connectivity index is 0.000000845. The number of fused-ring (bicyclic) bond motifs is 1. The van der Waals surface area contributed by atoms with E-state index in [-0.39, 0.29) is 56.4 Å². The van der Waals surface area contributed by atoms with Crippen LogP contribution in [0.5, 0.6) is 0 Å². The van der Waals surface area contributed by atoms with E-state index in [1.54, 1.807) is 6.07 Å². The first-order valence-electron chi connectivity index (χ1n) is 3.34. The van der Waals surface area contributed by atoms with Gasteiger partial charge in [0.1, 0.15) is 11.0 Å². The van der Waals surface area contributed by atoms with Crippen molar-refractivity contribution >= 4 is 27.5 Å². The van der Waals surface area contributed by atoms with Crippen molar-refractivity contribution in [3.8, 4) is 0 Å². The number of carboxylic acid groups (broad SMARTS) is 1. The molecule has 0 radical (unpaired) electrons. The summed E-state index contributed by atoms with van der Waals surface area (Å²) in [5, 5.41) is 10.4. The van der Waals surface area contributed by atoms with Gasteiger partial charge in [-0.1, -0.05) is 12.1 Å². The first-order chi connectivity index (χ1) is 5.77. The molecule has 0 unspecified atom stereocenters. The molecule has 1 aromatic carbocycles. The predicted octanol–water partition coefficient (Wildman–Crippen LogP) is -2.34. The molecule has 0 fully saturated rings. The predicted molar refractivity (Wildman–Crippen MR) is 44.0 cm³/mol. The third-order valence-electron chi connectivity index (χ3n) is 1.47. The van der Waals surface area contributed by atoms with E-state index in [1.807, 2.05) is 18.2 Å². The van der Waals surface area contributed by atoms with Crippen LogP contribution in [0.1, 0.15) is 9.80 Å². The molecule has 0 saturated carbocycles. The number of thiazole rings is 1. The fourth-order valence-corrected chi connectivity index (χ4v) is 1.76. The molecule has 0 amide bonds. The number of aromatic carboxylic acids is 1. The van der Waals surface area contributed by atoms with Gasteiger partial charge in [0.25, 0.3) is 0 Å². The Morgan fingerprint density at radius 1 is 1.38 bits per heavy atom. The van der Waals surface area contributed by atoms with Crippen LogP contribution in [0.2, 0.25) is 0 Å². The van der Waals surface area contributed by atoms with Crippen LogP contribution in [0.4, 0.5) is 0 Å². The van der Waals surface area contributed by atoms with E-state index in [2.05, 4.69) is 4.98 Å². The molecule has 2 rings (SSSR count). The molecule has 0 aliphatic heterocycles. The minimum Gasteiger partial charge on any atom is -0.542 e. The van der Waals surface area contributed by atoms with E-state index in [4.69, 9.17) is 0 Å². The van der Waals surface area contributed by atoms with Gasteiger partial charge in [0.15, 0.2) is 0 Å². The van der Waals surface area contributed by atoms with E-state index >= 15 is 0 Å². The maximum absolute atomic E-state index is 10.4. The zero-order valence-electron chi connectivity index (χ0n) is 6.98. The Hall–Kier alpha value is 0.216. The normalized spacial score (nSPS) is 9.54. The van der Waals surface area contributed by atoms with Crippen molar-refractivity contribution in [2.24, 2.45) is 0 Å². The molecule has 3 nitrogen and oxygen atoms in total. The Labute approximate surface area is 121 Å². The van der Waals surface area contributed by atoms with Gasteiger partial charge >= 0.3 is 51.4 Å². The minimum absolute atomic E-state index is 0. The third-order valence-corrected chi connectivity index (χ3v) is 2.48. The van der Waals surface area contributed by atoms with Crippen molar-refractivity contribution in [1.29, 1.82) is 0 Å². The molecule has 0 bridgehead atoms. The van der Waals surface area contributed by atoms with Crippen LogP contribution in [-0.4, -0.2) is 11.0 Å². The number of para-hydroxylation sites is 1. The maximum Gasteiger partial charge on any atom is 1.00 e. The number of aromatic nitrogens is 1. The SMILES string of the molecule is O=C([O-])c1nc2ccccc2s1.[K+]. The van der Waals surface area contributed by atoms with E-state index in [0.29, 0.717) is 5.52 Å². The fraction of sp³-hybridized carbons (Fsp3) is 0. The van der Waals surface area contributed by atoms with Gasteiger partial charge in [-0.15, -0.1) is 11.3 Å². The van der Waals surface area contributed by atoms with Crippen molar-refractivity contribution in [2.45, 2.75) is 0 Å². The zero-order chi connectivity index (χ0) is 8.55. The number of carbonyl (C=O) groups excluding carboxylic acids is 1. The summed E-state index contributed by atoms with van der Waals surface area (Å²) in [4.78, 5) is 14.3. The average Bonchev–Trinajstić information content (AvgIpc) is 2.46. The van der Waals surface area contributed by atoms with E-state index in [0.717, 1.165) is 16.0 Å². The summed E-state index contributed by atoms with van der Waals surface area (Å²) in [5.41, 5.74) is 0.710. The minimum atomic E-state index is -1.21. The Bertz CT molecular complexity index is 407. The van der Waals surface area contributed by atoms with Gasteiger partial charge in [-0.25, -0.2) is 4.98 Å². The Kier molecular flexibility index (Phi) is 4.02. The summed E-state index contributed by atoms with van der Waals surface area (Å²) in [7, 11) is 0. The van der Waals surface area contributed by atoms with Crippen molar-refractivity contribution < 1.29 is 61.3 Å². The summed E-state index contributed by atoms with van der Waals surface area (Å²) in [5.74, 6) is -1.21. The van der Waals surface area contributed by atoms with Crippen LogP contribution in [0.15, 0.2) is 24.3 Å². The molecular formula is C8H4KNO2S. The second-order valence-electron chi connectivity index (χ2n) is 2.27. The number of nitrogens with zero attached hydrogens (tertiary/aromatic N) is 1. The number of carboxylic acids is 1. The van der Waals surface area contributed by atoms with Gasteiger partial charge in [0, 0.05) is 0 Å². The van der Waals surface area contributed by atoms with Gasteiger partial charge in [-0.2, -0.15) is 0 Å². The molecular weight excluding hydrogens is 213 g/mol. The molecule has 0 aliphatic carbocycles. The van der Waals surface area contributed by atoms with Gasteiger partial charge < -0.3 is 9.90 Å². The second kappa shape index (κ2) is 4.63. The molecule has 1 heterocycles. The number of hydrogen-bond donors (Lipinski definition) is 0. The summed E-state index contributed by atoms with van der Waals surface area (Å²) in [6, 6.07) is 7.28. The molecule has 0 saturated heterocycles. The number of carbonyl (C=O) groups is 1. The van der Waals surface area contributed by atoms with Gasteiger partial charge in [-0.3, -0.25) is 0 Å². The quantitative estimate of drug-likeness (QED) is 0.503. The average molecular weight is 217 g/mol. The van der Waals surface area contributed by atoms with Crippen molar-refractivity contribution in [1.82, 2.24) is 4.98 Å². The third kappa shape index (κ3) is 2.37. The van der Waals surface area contributed by atoms with Gasteiger partial charge in [0.2, 0.25) is 0 Å². The monoisotopic (exact) mass is 217 g/mol. The maximum atomic E-state index is 10.4. The van der Waals surface area contributed by atoms with Crippen LogP contribution in [0, 0.1) is 0 Å². The number of benzene rings is 1. The first-order valence-corrected chi connectivity index (χ1v) is 4.16. The number of hydrogen-bond acceptors (Lipinski definition) is 4. The van der Waals surface area contributed by atoms with E-state index in [1.165, 1.54) is 0 Å². The standard InChI is InChI=1S/C8H5NO2S.K/c10-8(11)7-9-5-3-1-2-4-6(5)12-7;/h1-4H,(H,10,11);/q;+1/p-1. The van der Waals surface area contributed by atoms with Crippen LogP contribution >= 0.6 is 11.3 Å². The molecule has 60 valence electrons. The van der Waals surface area contributed by atoms with Crippen LogP contribution in [-0.2, 0) is 0 Å². The summed E-state index contributed by atoms with van der Waals surface area (Å²) in [6.07, 6.45) is 0. The van der Waals surface area contributed by atoms with Crippen LogP contribution in [0.25, 0.3) is 10.2 Å². The van der Waals surface area contributed by atoms with E-state index < -0.39 is 5.97 Å². The molecule has 0 spiro atoms. The molecule has 1 aromatic heterocycles. The first kappa shape index (κ1) is 11.3. The molecule has 0 N–H and O–H groups in total. The fourth-order valence-electron chi connectivity index (χ4n) is 0.960. The second-order valence-corrected chi connectivity index (χ2v) is 3.30. The van der Waals surface area contributed by atoms with Crippen molar-refractivity contribution in [2.75, 3.05) is 0 Å². The van der Waals surface area contributed by atoms with E-state index in [9.17, 15) is 9.90 Å². The summed E-state index contributed by atoms with van der Waals surface area (Å²) >= 11 is 1.13. The molecule has 5 heteroatoms. The zero-order valence-corrected chi connectivity index (χ0v) is 10.9. The molecule has 0 atom stereocenters. The Morgan fingerprint density at radius 2 is 2.08 bits per heavy atom. The van der Waals surface area contributed by atoms with Gasteiger partial charge in [0.05, 0.1) is 10.2 Å². The largest absolute Gasteiger partial charge is 1.00 e. The summed E-state index contributed by atoms with van der Waals surface area (Å²) in [6.45, 7) is 0. The van der Waals surface area contributed by atoms with Crippen molar-refractivity contribution in [3.05, 3.63) is 29.3 Å². The molecule has 0 aliphatic rings. The molecule has 13 heavy (non-hydrogen) atoms. The van der Waals surface area contributed by atoms with Crippen molar-refractivity contribution in [3.63, 3.8) is 0 Å². The smallest absolute Gasteiger partial charge is 0.542 e. The van der Waals surface area contributed by atoms with Crippen LogP contribution in [0.3, 0.4) is 0 Å².